The summed E-state index contributed by atoms with van der Waals surface area (Å²) in [6.07, 6.45) is 4.23. The summed E-state index contributed by atoms with van der Waals surface area (Å²) in [5.74, 6) is 1.10. The minimum Gasteiger partial charge on any atom is -0.409 e. The lowest BCUT2D eigenvalue weighted by Gasteiger charge is -2.29. The maximum atomic E-state index is 8.36. The fourth-order valence-electron chi connectivity index (χ4n) is 2.19. The molecule has 1 unspecified atom stereocenters. The quantitative estimate of drug-likeness (QED) is 0.203. The van der Waals surface area contributed by atoms with Crippen LogP contribution >= 0.6 is 0 Å². The third kappa shape index (κ3) is 5.32. The lowest BCUT2D eigenvalue weighted by atomic mass is 9.98. The number of nitrogens with two attached hydrogens (primary N) is 1. The van der Waals surface area contributed by atoms with Gasteiger partial charge in [-0.05, 0) is 51.9 Å². The molecular formula is C11H24N4O. The Morgan fingerprint density at radius 2 is 2.44 bits per heavy atom. The zero-order valence-electron chi connectivity index (χ0n) is 10.2. The number of oxime groups is 1. The van der Waals surface area contributed by atoms with Crippen LogP contribution in [-0.4, -0.2) is 49.2 Å². The molecule has 1 atom stereocenters. The molecule has 1 heterocycles. The van der Waals surface area contributed by atoms with Crippen molar-refractivity contribution in [3.8, 4) is 0 Å². The van der Waals surface area contributed by atoms with E-state index in [0.29, 0.717) is 12.3 Å². The molecule has 0 aromatic rings. The van der Waals surface area contributed by atoms with Crippen LogP contribution in [0.1, 0.15) is 25.7 Å². The first kappa shape index (κ1) is 13.3. The van der Waals surface area contributed by atoms with Crippen LogP contribution in [0.2, 0.25) is 0 Å². The zero-order valence-corrected chi connectivity index (χ0v) is 10.2. The number of piperidine rings is 1. The highest BCUT2D eigenvalue weighted by Gasteiger charge is 2.16. The normalized spacial score (nSPS) is 23.6. The van der Waals surface area contributed by atoms with Gasteiger partial charge in [0, 0.05) is 13.0 Å². The average Bonchev–Trinajstić information content (AvgIpc) is 2.28. The van der Waals surface area contributed by atoms with E-state index < -0.39 is 0 Å². The summed E-state index contributed by atoms with van der Waals surface area (Å²) in [6.45, 7) is 4.46. The van der Waals surface area contributed by atoms with E-state index >= 15 is 0 Å². The van der Waals surface area contributed by atoms with Crippen LogP contribution in [0.25, 0.3) is 0 Å². The molecule has 0 aromatic carbocycles. The van der Waals surface area contributed by atoms with Crippen LogP contribution in [0.3, 0.4) is 0 Å². The molecule has 0 spiro atoms. The van der Waals surface area contributed by atoms with E-state index in [1.54, 1.807) is 0 Å². The molecule has 1 aliphatic heterocycles. The van der Waals surface area contributed by atoms with Crippen molar-refractivity contribution in [1.82, 2.24) is 10.2 Å². The van der Waals surface area contributed by atoms with Gasteiger partial charge < -0.3 is 21.2 Å². The van der Waals surface area contributed by atoms with Gasteiger partial charge in [-0.1, -0.05) is 5.16 Å². The Hall–Kier alpha value is -0.810. The van der Waals surface area contributed by atoms with Crippen LogP contribution in [0, 0.1) is 5.92 Å². The molecule has 5 heteroatoms. The van der Waals surface area contributed by atoms with Crippen molar-refractivity contribution in [2.45, 2.75) is 25.7 Å². The maximum Gasteiger partial charge on any atom is 0.139 e. The molecule has 1 aliphatic rings. The van der Waals surface area contributed by atoms with E-state index in [0.717, 1.165) is 25.4 Å². The van der Waals surface area contributed by atoms with E-state index in [-0.39, 0.29) is 0 Å². The van der Waals surface area contributed by atoms with Gasteiger partial charge in [0.1, 0.15) is 5.84 Å². The SMILES string of the molecule is CN1CCCC(CNCCCC(N)=NO)C1. The maximum absolute atomic E-state index is 8.36. The smallest absolute Gasteiger partial charge is 0.139 e. The molecule has 1 saturated heterocycles. The molecule has 0 aliphatic carbocycles. The lowest BCUT2D eigenvalue weighted by Crippen LogP contribution is -2.37. The Labute approximate surface area is 97.7 Å². The number of likely N-dealkylation sites (tertiary alicyclic amines) is 1. The number of rotatable bonds is 6. The molecule has 0 bridgehead atoms. The van der Waals surface area contributed by atoms with Crippen LogP contribution < -0.4 is 11.1 Å². The van der Waals surface area contributed by atoms with Gasteiger partial charge in [-0.15, -0.1) is 0 Å². The molecule has 94 valence electrons. The molecule has 5 nitrogen and oxygen atoms in total. The first-order valence-corrected chi connectivity index (χ1v) is 6.08. The summed E-state index contributed by atoms with van der Waals surface area (Å²) in [6, 6.07) is 0. The highest BCUT2D eigenvalue weighted by atomic mass is 16.4. The summed E-state index contributed by atoms with van der Waals surface area (Å²) < 4.78 is 0. The van der Waals surface area contributed by atoms with Crippen molar-refractivity contribution in [1.29, 1.82) is 0 Å². The predicted octanol–water partition coefficient (Wildman–Crippen LogP) is 0.444. The molecule has 0 aromatic heterocycles. The van der Waals surface area contributed by atoms with Gasteiger partial charge in [0.2, 0.25) is 0 Å². The van der Waals surface area contributed by atoms with Crippen LogP contribution in [0.15, 0.2) is 5.16 Å². The van der Waals surface area contributed by atoms with Crippen LogP contribution in [-0.2, 0) is 0 Å². The Kier molecular flexibility index (Phi) is 6.18. The fourth-order valence-corrected chi connectivity index (χ4v) is 2.19. The molecule has 0 saturated carbocycles. The van der Waals surface area contributed by atoms with Crippen molar-refractivity contribution in [2.24, 2.45) is 16.8 Å². The van der Waals surface area contributed by atoms with Crippen molar-refractivity contribution < 1.29 is 5.21 Å². The van der Waals surface area contributed by atoms with Crippen LogP contribution in [0.4, 0.5) is 0 Å². The summed E-state index contributed by atoms with van der Waals surface area (Å²) in [4.78, 5) is 2.40. The fraction of sp³-hybridized carbons (Fsp3) is 0.909. The van der Waals surface area contributed by atoms with Crippen molar-refractivity contribution in [2.75, 3.05) is 33.2 Å². The average molecular weight is 228 g/mol. The molecule has 1 fully saturated rings. The Morgan fingerprint density at radius 3 is 3.12 bits per heavy atom. The predicted molar refractivity (Wildman–Crippen MR) is 65.7 cm³/mol. The highest BCUT2D eigenvalue weighted by Crippen LogP contribution is 2.13. The number of hydrogen-bond acceptors (Lipinski definition) is 4. The minimum absolute atomic E-state index is 0.319. The van der Waals surface area contributed by atoms with Gasteiger partial charge in [0.15, 0.2) is 0 Å². The molecule has 0 amide bonds. The lowest BCUT2D eigenvalue weighted by molar-refractivity contribution is 0.206. The highest BCUT2D eigenvalue weighted by molar-refractivity contribution is 5.79. The molecule has 16 heavy (non-hydrogen) atoms. The first-order valence-electron chi connectivity index (χ1n) is 6.08. The number of nitrogens with zero attached hydrogens (tertiary/aromatic N) is 2. The van der Waals surface area contributed by atoms with Gasteiger partial charge in [-0.2, -0.15) is 0 Å². The molecular weight excluding hydrogens is 204 g/mol. The van der Waals surface area contributed by atoms with Gasteiger partial charge in [-0.25, -0.2) is 0 Å². The zero-order chi connectivity index (χ0) is 11.8. The van der Waals surface area contributed by atoms with Gasteiger partial charge in [0.25, 0.3) is 0 Å². The summed E-state index contributed by atoms with van der Waals surface area (Å²) in [7, 11) is 2.19. The standard InChI is InChI=1S/C11H24N4O/c1-15-7-3-4-10(9-15)8-13-6-2-5-11(12)14-16/h10,13,16H,2-9H2,1H3,(H2,12,14). The number of nitrogens with one attached hydrogen (secondary N) is 1. The summed E-state index contributed by atoms with van der Waals surface area (Å²) >= 11 is 0. The van der Waals surface area contributed by atoms with Crippen molar-refractivity contribution in [3.05, 3.63) is 0 Å². The van der Waals surface area contributed by atoms with E-state index in [1.165, 1.54) is 25.9 Å². The Balaban J connectivity index is 1.98. The summed E-state index contributed by atoms with van der Waals surface area (Å²) in [5, 5.41) is 14.7. The van der Waals surface area contributed by atoms with Gasteiger partial charge in [-0.3, -0.25) is 0 Å². The minimum atomic E-state index is 0.319. The van der Waals surface area contributed by atoms with E-state index in [2.05, 4.69) is 22.4 Å². The third-order valence-electron chi connectivity index (χ3n) is 3.07. The number of hydrogen-bond donors (Lipinski definition) is 3. The Morgan fingerprint density at radius 1 is 1.62 bits per heavy atom. The van der Waals surface area contributed by atoms with Crippen molar-refractivity contribution >= 4 is 5.84 Å². The van der Waals surface area contributed by atoms with E-state index in [1.807, 2.05) is 0 Å². The van der Waals surface area contributed by atoms with E-state index in [4.69, 9.17) is 10.9 Å². The van der Waals surface area contributed by atoms with Crippen LogP contribution in [0.5, 0.6) is 0 Å². The second-order valence-electron chi connectivity index (χ2n) is 4.67. The third-order valence-corrected chi connectivity index (χ3v) is 3.07. The molecule has 1 rings (SSSR count). The van der Waals surface area contributed by atoms with Gasteiger partial charge >= 0.3 is 0 Å². The molecule has 0 radical (unpaired) electrons. The van der Waals surface area contributed by atoms with E-state index in [9.17, 15) is 0 Å². The molecule has 4 N–H and O–H groups in total. The van der Waals surface area contributed by atoms with Gasteiger partial charge in [0.05, 0.1) is 0 Å². The Bertz CT molecular complexity index is 220. The first-order chi connectivity index (χ1) is 7.72. The second-order valence-corrected chi connectivity index (χ2v) is 4.67. The number of amidine groups is 1. The second kappa shape index (κ2) is 7.46. The largest absolute Gasteiger partial charge is 0.409 e. The van der Waals surface area contributed by atoms with Crippen molar-refractivity contribution in [3.63, 3.8) is 0 Å². The summed E-state index contributed by atoms with van der Waals surface area (Å²) in [5.41, 5.74) is 5.38. The monoisotopic (exact) mass is 228 g/mol. The topological polar surface area (TPSA) is 73.9 Å².